The quantitative estimate of drug-likeness (QED) is 0.853. The zero-order valence-electron chi connectivity index (χ0n) is 9.89. The van der Waals surface area contributed by atoms with Gasteiger partial charge in [-0.15, -0.1) is 0 Å². The first-order chi connectivity index (χ1) is 8.25. The van der Waals surface area contributed by atoms with Crippen LogP contribution in [0.5, 0.6) is 0 Å². The molecule has 2 rings (SSSR count). The molecule has 0 aliphatic carbocycles. The van der Waals surface area contributed by atoms with Crippen molar-refractivity contribution in [3.05, 3.63) is 59.9 Å². The Balaban J connectivity index is 1.81. The number of hydrogen-bond acceptors (Lipinski definition) is 1. The van der Waals surface area contributed by atoms with Crippen LogP contribution in [0.3, 0.4) is 0 Å². The maximum absolute atomic E-state index is 11.7. The third-order valence-electron chi connectivity index (χ3n) is 2.64. The van der Waals surface area contributed by atoms with Gasteiger partial charge in [0.05, 0.1) is 5.56 Å². The van der Waals surface area contributed by atoms with Gasteiger partial charge in [-0.05, 0) is 18.1 Å². The molecule has 3 heteroatoms. The third-order valence-corrected chi connectivity index (χ3v) is 2.64. The Labute approximate surface area is 101 Å². The molecule has 0 aliphatic rings. The van der Waals surface area contributed by atoms with Gasteiger partial charge in [-0.25, -0.2) is 0 Å². The van der Waals surface area contributed by atoms with Gasteiger partial charge in [0.1, 0.15) is 0 Å². The van der Waals surface area contributed by atoms with Crippen molar-refractivity contribution in [2.75, 3.05) is 6.54 Å². The van der Waals surface area contributed by atoms with Crippen LogP contribution in [0.2, 0.25) is 0 Å². The van der Waals surface area contributed by atoms with E-state index in [1.54, 1.807) is 0 Å². The van der Waals surface area contributed by atoms with Crippen molar-refractivity contribution in [1.82, 2.24) is 9.88 Å². The molecule has 0 unspecified atom stereocenters. The molecule has 2 aromatic rings. The minimum absolute atomic E-state index is 0.0125. The highest BCUT2D eigenvalue weighted by atomic mass is 16.1. The second kappa shape index (κ2) is 5.34. The Hall–Kier alpha value is -2.03. The molecule has 17 heavy (non-hydrogen) atoms. The molecule has 0 aliphatic heterocycles. The smallest absolute Gasteiger partial charge is 0.252 e. The van der Waals surface area contributed by atoms with Crippen molar-refractivity contribution in [3.63, 3.8) is 0 Å². The number of amides is 1. The summed E-state index contributed by atoms with van der Waals surface area (Å²) in [5.74, 6) is -0.0125. The summed E-state index contributed by atoms with van der Waals surface area (Å²) in [7, 11) is 1.90. The van der Waals surface area contributed by atoms with E-state index >= 15 is 0 Å². The molecule has 3 nitrogen and oxygen atoms in total. The number of benzene rings is 1. The van der Waals surface area contributed by atoms with Gasteiger partial charge in [0.25, 0.3) is 5.91 Å². The Morgan fingerprint density at radius 1 is 1.24 bits per heavy atom. The highest BCUT2D eigenvalue weighted by molar-refractivity contribution is 5.93. The summed E-state index contributed by atoms with van der Waals surface area (Å²) in [6.45, 7) is 0.664. The summed E-state index contributed by atoms with van der Waals surface area (Å²) in [5, 5.41) is 2.91. The maximum Gasteiger partial charge on any atom is 0.252 e. The number of hydrogen-bond donors (Lipinski definition) is 1. The molecular formula is C14H16N2O. The first-order valence-electron chi connectivity index (χ1n) is 5.70. The van der Waals surface area contributed by atoms with E-state index in [9.17, 15) is 4.79 Å². The molecule has 1 aromatic carbocycles. The maximum atomic E-state index is 11.7. The van der Waals surface area contributed by atoms with Gasteiger partial charge < -0.3 is 9.88 Å². The summed E-state index contributed by atoms with van der Waals surface area (Å²) in [6.07, 6.45) is 4.55. The number of nitrogens with one attached hydrogen (secondary N) is 1. The van der Waals surface area contributed by atoms with Crippen molar-refractivity contribution < 1.29 is 4.79 Å². The lowest BCUT2D eigenvalue weighted by molar-refractivity contribution is 0.0954. The molecule has 0 fully saturated rings. The lowest BCUT2D eigenvalue weighted by Gasteiger charge is -2.03. The van der Waals surface area contributed by atoms with Crippen molar-refractivity contribution in [1.29, 1.82) is 0 Å². The standard InChI is InChI=1S/C14H16N2O/c1-16-10-8-13(11-16)14(17)15-9-7-12-5-3-2-4-6-12/h2-6,8,10-11H,7,9H2,1H3,(H,15,17). The van der Waals surface area contributed by atoms with E-state index in [0.717, 1.165) is 6.42 Å². The Kier molecular flexibility index (Phi) is 3.60. The van der Waals surface area contributed by atoms with E-state index in [4.69, 9.17) is 0 Å². The Morgan fingerprint density at radius 2 is 2.00 bits per heavy atom. The number of rotatable bonds is 4. The molecule has 1 N–H and O–H groups in total. The van der Waals surface area contributed by atoms with Crippen LogP contribution in [0.15, 0.2) is 48.8 Å². The zero-order valence-corrected chi connectivity index (χ0v) is 9.89. The van der Waals surface area contributed by atoms with Crippen LogP contribution < -0.4 is 5.32 Å². The minimum Gasteiger partial charge on any atom is -0.356 e. The normalized spacial score (nSPS) is 10.2. The van der Waals surface area contributed by atoms with Gasteiger partial charge in [0, 0.05) is 26.0 Å². The molecular weight excluding hydrogens is 212 g/mol. The molecule has 1 aromatic heterocycles. The molecule has 0 radical (unpaired) electrons. The first kappa shape index (κ1) is 11.5. The average molecular weight is 228 g/mol. The lowest BCUT2D eigenvalue weighted by Crippen LogP contribution is -2.25. The summed E-state index contributed by atoms with van der Waals surface area (Å²) in [6, 6.07) is 12.0. The molecule has 1 amide bonds. The van der Waals surface area contributed by atoms with Crippen LogP contribution in [-0.4, -0.2) is 17.0 Å². The van der Waals surface area contributed by atoms with Gasteiger partial charge in [-0.3, -0.25) is 4.79 Å². The van der Waals surface area contributed by atoms with E-state index in [-0.39, 0.29) is 5.91 Å². The van der Waals surface area contributed by atoms with Crippen molar-refractivity contribution in [3.8, 4) is 0 Å². The van der Waals surface area contributed by atoms with Gasteiger partial charge in [-0.1, -0.05) is 30.3 Å². The van der Waals surface area contributed by atoms with Crippen LogP contribution in [0.4, 0.5) is 0 Å². The number of aromatic nitrogens is 1. The zero-order chi connectivity index (χ0) is 12.1. The van der Waals surface area contributed by atoms with Crippen molar-refractivity contribution in [2.24, 2.45) is 7.05 Å². The van der Waals surface area contributed by atoms with Gasteiger partial charge in [-0.2, -0.15) is 0 Å². The summed E-state index contributed by atoms with van der Waals surface area (Å²) >= 11 is 0. The van der Waals surface area contributed by atoms with Gasteiger partial charge in [0.2, 0.25) is 0 Å². The van der Waals surface area contributed by atoms with Gasteiger partial charge in [0.15, 0.2) is 0 Å². The summed E-state index contributed by atoms with van der Waals surface area (Å²) in [5.41, 5.74) is 1.95. The highest BCUT2D eigenvalue weighted by Gasteiger charge is 2.05. The van der Waals surface area contributed by atoms with Crippen LogP contribution >= 0.6 is 0 Å². The third kappa shape index (κ3) is 3.21. The average Bonchev–Trinajstić information content (AvgIpc) is 2.77. The number of carbonyl (C=O) groups excluding carboxylic acids is 1. The summed E-state index contributed by atoms with van der Waals surface area (Å²) in [4.78, 5) is 11.7. The van der Waals surface area contributed by atoms with E-state index in [0.29, 0.717) is 12.1 Å². The monoisotopic (exact) mass is 228 g/mol. The van der Waals surface area contributed by atoms with Gasteiger partial charge >= 0.3 is 0 Å². The number of carbonyl (C=O) groups is 1. The summed E-state index contributed by atoms with van der Waals surface area (Å²) < 4.78 is 1.87. The van der Waals surface area contributed by atoms with E-state index in [1.165, 1.54) is 5.56 Å². The van der Waals surface area contributed by atoms with Crippen LogP contribution in [-0.2, 0) is 13.5 Å². The van der Waals surface area contributed by atoms with E-state index in [2.05, 4.69) is 17.4 Å². The highest BCUT2D eigenvalue weighted by Crippen LogP contribution is 2.01. The molecule has 0 saturated carbocycles. The molecule has 0 atom stereocenters. The first-order valence-corrected chi connectivity index (χ1v) is 5.70. The molecule has 0 bridgehead atoms. The Morgan fingerprint density at radius 3 is 2.65 bits per heavy atom. The fourth-order valence-corrected chi connectivity index (χ4v) is 1.70. The fraction of sp³-hybridized carbons (Fsp3) is 0.214. The topological polar surface area (TPSA) is 34.0 Å². The number of nitrogens with zero attached hydrogens (tertiary/aromatic N) is 1. The second-order valence-corrected chi connectivity index (χ2v) is 4.06. The van der Waals surface area contributed by atoms with Crippen LogP contribution in [0, 0.1) is 0 Å². The van der Waals surface area contributed by atoms with Crippen LogP contribution in [0.1, 0.15) is 15.9 Å². The molecule has 1 heterocycles. The van der Waals surface area contributed by atoms with Crippen molar-refractivity contribution in [2.45, 2.75) is 6.42 Å². The fourth-order valence-electron chi connectivity index (χ4n) is 1.70. The van der Waals surface area contributed by atoms with E-state index < -0.39 is 0 Å². The minimum atomic E-state index is -0.0125. The Bertz CT molecular complexity index is 488. The largest absolute Gasteiger partial charge is 0.356 e. The second-order valence-electron chi connectivity index (χ2n) is 4.06. The lowest BCUT2D eigenvalue weighted by atomic mass is 10.1. The van der Waals surface area contributed by atoms with Crippen molar-refractivity contribution >= 4 is 5.91 Å². The molecule has 0 saturated heterocycles. The molecule has 0 spiro atoms. The van der Waals surface area contributed by atoms with Crippen LogP contribution in [0.25, 0.3) is 0 Å². The predicted molar refractivity (Wildman–Crippen MR) is 67.9 cm³/mol. The van der Waals surface area contributed by atoms with E-state index in [1.807, 2.05) is 48.3 Å². The predicted octanol–water partition coefficient (Wildman–Crippen LogP) is 2.00. The molecule has 88 valence electrons. The number of aryl methyl sites for hydroxylation is 1. The SMILES string of the molecule is Cn1ccc(C(=O)NCCc2ccccc2)c1.